The van der Waals surface area contributed by atoms with Crippen LogP contribution in [-0.4, -0.2) is 0 Å². The minimum atomic E-state index is -0.0687. The number of fused-ring (bicyclic) bond motifs is 3. The number of nitrogens with zero attached hydrogens (tertiary/aromatic N) is 1. The highest BCUT2D eigenvalue weighted by Crippen LogP contribution is 2.50. The molecule has 0 heterocycles. The number of rotatable bonds is 9. The molecule has 1 nitrogen and oxygen atoms in total. The van der Waals surface area contributed by atoms with Crippen molar-refractivity contribution in [3.63, 3.8) is 0 Å². The van der Waals surface area contributed by atoms with E-state index in [0.717, 1.165) is 22.6 Å². The highest BCUT2D eigenvalue weighted by atomic mass is 15.1. The van der Waals surface area contributed by atoms with Crippen LogP contribution in [0.5, 0.6) is 0 Å². The average Bonchev–Trinajstić information content (AvgIpc) is 3.43. The molecule has 0 N–H and O–H groups in total. The lowest BCUT2D eigenvalue weighted by molar-refractivity contribution is 0.660. The van der Waals surface area contributed by atoms with Gasteiger partial charge in [0.25, 0.3) is 0 Å². The third kappa shape index (κ3) is 6.23. The first-order valence-corrected chi connectivity index (χ1v) is 18.0. The lowest BCUT2D eigenvalue weighted by Gasteiger charge is -2.27. The minimum Gasteiger partial charge on any atom is -0.310 e. The number of anilines is 3. The molecule has 250 valence electrons. The van der Waals surface area contributed by atoms with E-state index in [1.54, 1.807) is 6.08 Å². The summed E-state index contributed by atoms with van der Waals surface area (Å²) in [6.45, 7) is 8.47. The first-order valence-electron chi connectivity index (χ1n) is 18.0. The molecule has 0 unspecified atom stereocenters. The predicted molar refractivity (Wildman–Crippen MR) is 223 cm³/mol. The molecule has 0 amide bonds. The third-order valence-electron chi connectivity index (χ3n) is 10.3. The Morgan fingerprint density at radius 3 is 1.69 bits per heavy atom. The van der Waals surface area contributed by atoms with Crippen LogP contribution in [0.3, 0.4) is 0 Å². The Hall–Kier alpha value is -6.44. The lowest BCUT2D eigenvalue weighted by atomic mass is 9.81. The van der Waals surface area contributed by atoms with Crippen LogP contribution >= 0.6 is 0 Å². The summed E-state index contributed by atoms with van der Waals surface area (Å²) in [5.74, 6) is 0. The Morgan fingerprint density at radius 1 is 0.423 bits per heavy atom. The predicted octanol–water partition coefficient (Wildman–Crippen LogP) is 14.2. The SMILES string of the molecule is C=C/C=C\C=C\c1ccc(N(c2ccc(-c3ccccc3)cc2)c2ccc(-c3ccc4c(c3)C(C)(C)c3ccccc3-4)c(-c3ccccc3)c2)cc1. The van der Waals surface area contributed by atoms with Crippen LogP contribution in [0.2, 0.25) is 0 Å². The molecule has 0 fully saturated rings. The Labute approximate surface area is 308 Å². The highest BCUT2D eigenvalue weighted by molar-refractivity contribution is 5.91. The van der Waals surface area contributed by atoms with Crippen molar-refractivity contribution >= 4 is 23.1 Å². The lowest BCUT2D eigenvalue weighted by Crippen LogP contribution is -2.14. The molecule has 8 rings (SSSR count). The van der Waals surface area contributed by atoms with E-state index in [1.165, 1.54) is 55.6 Å². The van der Waals surface area contributed by atoms with E-state index in [1.807, 2.05) is 18.2 Å². The van der Waals surface area contributed by atoms with Gasteiger partial charge in [0.2, 0.25) is 0 Å². The van der Waals surface area contributed by atoms with E-state index in [4.69, 9.17) is 0 Å². The standard InChI is InChI=1S/C51H41N/c1-4-5-6-9-16-37-23-28-42(29-24-37)52(43-30-25-39(26-31-43)38-17-10-7-11-18-38)44-32-34-45(48(36-44)40-19-12-8-13-20-40)41-27-33-47-46-21-14-15-22-49(46)51(2,3)50(47)35-41/h4-36H,1H2,2-3H3/b6-5-,16-9+. The summed E-state index contributed by atoms with van der Waals surface area (Å²) in [6, 6.07) is 61.8. The van der Waals surface area contributed by atoms with E-state index in [9.17, 15) is 0 Å². The average molecular weight is 668 g/mol. The van der Waals surface area contributed by atoms with Crippen molar-refractivity contribution in [3.8, 4) is 44.5 Å². The molecule has 7 aromatic rings. The number of allylic oxidation sites excluding steroid dienone is 4. The van der Waals surface area contributed by atoms with Crippen LogP contribution in [-0.2, 0) is 5.41 Å². The Kier molecular flexibility index (Phi) is 8.85. The van der Waals surface area contributed by atoms with Crippen LogP contribution < -0.4 is 4.90 Å². The normalized spacial score (nSPS) is 12.9. The van der Waals surface area contributed by atoms with Gasteiger partial charge >= 0.3 is 0 Å². The molecule has 52 heavy (non-hydrogen) atoms. The first-order chi connectivity index (χ1) is 25.5. The quantitative estimate of drug-likeness (QED) is 0.139. The van der Waals surface area contributed by atoms with Crippen molar-refractivity contribution in [3.05, 3.63) is 217 Å². The molecule has 0 saturated carbocycles. The van der Waals surface area contributed by atoms with Gasteiger partial charge in [0.1, 0.15) is 0 Å². The molecule has 0 saturated heterocycles. The van der Waals surface area contributed by atoms with Gasteiger partial charge in [0.15, 0.2) is 0 Å². The van der Waals surface area contributed by atoms with E-state index >= 15 is 0 Å². The molecule has 0 bridgehead atoms. The van der Waals surface area contributed by atoms with E-state index in [-0.39, 0.29) is 5.41 Å². The second kappa shape index (κ2) is 14.1. The fourth-order valence-corrected chi connectivity index (χ4v) is 7.58. The Bertz CT molecular complexity index is 2410. The number of hydrogen-bond donors (Lipinski definition) is 0. The summed E-state index contributed by atoms with van der Waals surface area (Å²) in [7, 11) is 0. The fourth-order valence-electron chi connectivity index (χ4n) is 7.58. The molecular weight excluding hydrogens is 627 g/mol. The summed E-state index contributed by atoms with van der Waals surface area (Å²) in [5.41, 5.74) is 17.0. The second-order valence-electron chi connectivity index (χ2n) is 13.8. The maximum absolute atomic E-state index is 3.77. The molecule has 0 aromatic heterocycles. The van der Waals surface area contributed by atoms with Crippen molar-refractivity contribution in [1.29, 1.82) is 0 Å². The molecule has 1 aliphatic carbocycles. The van der Waals surface area contributed by atoms with Crippen LogP contribution in [0.15, 0.2) is 201 Å². The molecule has 0 atom stereocenters. The van der Waals surface area contributed by atoms with Gasteiger partial charge in [-0.15, -0.1) is 0 Å². The van der Waals surface area contributed by atoms with E-state index in [0.29, 0.717) is 0 Å². The number of hydrogen-bond acceptors (Lipinski definition) is 1. The Balaban J connectivity index is 1.25. The third-order valence-corrected chi connectivity index (χ3v) is 10.3. The maximum Gasteiger partial charge on any atom is 0.0468 e. The monoisotopic (exact) mass is 667 g/mol. The van der Waals surface area contributed by atoms with Gasteiger partial charge < -0.3 is 4.90 Å². The summed E-state index contributed by atoms with van der Waals surface area (Å²) in [6.07, 6.45) is 9.87. The molecule has 0 spiro atoms. The van der Waals surface area contributed by atoms with Gasteiger partial charge in [0, 0.05) is 22.5 Å². The molecule has 1 heteroatoms. The van der Waals surface area contributed by atoms with Crippen molar-refractivity contribution < 1.29 is 0 Å². The van der Waals surface area contributed by atoms with Crippen molar-refractivity contribution in [2.75, 3.05) is 4.90 Å². The zero-order valence-corrected chi connectivity index (χ0v) is 29.7. The smallest absolute Gasteiger partial charge is 0.0468 e. The summed E-state index contributed by atoms with van der Waals surface area (Å²) >= 11 is 0. The molecule has 0 radical (unpaired) electrons. The summed E-state index contributed by atoms with van der Waals surface area (Å²) in [5, 5.41) is 0. The minimum absolute atomic E-state index is 0.0687. The van der Waals surface area contributed by atoms with Gasteiger partial charge in [-0.2, -0.15) is 0 Å². The Morgan fingerprint density at radius 2 is 0.981 bits per heavy atom. The van der Waals surface area contributed by atoms with Crippen molar-refractivity contribution in [1.82, 2.24) is 0 Å². The van der Waals surface area contributed by atoms with Crippen LogP contribution in [0.1, 0.15) is 30.5 Å². The largest absolute Gasteiger partial charge is 0.310 e. The summed E-state index contributed by atoms with van der Waals surface area (Å²) < 4.78 is 0. The van der Waals surface area contributed by atoms with Crippen LogP contribution in [0.25, 0.3) is 50.6 Å². The first kappa shape index (κ1) is 32.7. The maximum atomic E-state index is 3.77. The zero-order chi connectivity index (χ0) is 35.5. The summed E-state index contributed by atoms with van der Waals surface area (Å²) in [4.78, 5) is 2.36. The van der Waals surface area contributed by atoms with E-state index < -0.39 is 0 Å². The molecule has 1 aliphatic rings. The van der Waals surface area contributed by atoms with Gasteiger partial charge in [-0.1, -0.05) is 178 Å². The van der Waals surface area contributed by atoms with Crippen LogP contribution in [0, 0.1) is 0 Å². The molecule has 7 aromatic carbocycles. The van der Waals surface area contributed by atoms with E-state index in [2.05, 4.69) is 201 Å². The van der Waals surface area contributed by atoms with Crippen molar-refractivity contribution in [2.45, 2.75) is 19.3 Å². The topological polar surface area (TPSA) is 3.24 Å². The fraction of sp³-hybridized carbons (Fsp3) is 0.0588. The van der Waals surface area contributed by atoms with Gasteiger partial charge in [-0.3, -0.25) is 0 Å². The zero-order valence-electron chi connectivity index (χ0n) is 29.7. The van der Waals surface area contributed by atoms with Crippen molar-refractivity contribution in [2.24, 2.45) is 0 Å². The second-order valence-corrected chi connectivity index (χ2v) is 13.8. The molecule has 0 aliphatic heterocycles. The van der Waals surface area contributed by atoms with Gasteiger partial charge in [-0.25, -0.2) is 0 Å². The molecular formula is C51H41N. The highest BCUT2D eigenvalue weighted by Gasteiger charge is 2.35. The number of benzene rings is 7. The van der Waals surface area contributed by atoms with Gasteiger partial charge in [0.05, 0.1) is 0 Å². The van der Waals surface area contributed by atoms with Crippen LogP contribution in [0.4, 0.5) is 17.1 Å². The van der Waals surface area contributed by atoms with Gasteiger partial charge in [-0.05, 0) is 104 Å².